The molecule has 5 N–H and O–H groups in total. The molecule has 11 heteroatoms. The third-order valence-electron chi connectivity index (χ3n) is 5.14. The Hall–Kier alpha value is -2.05. The third kappa shape index (κ3) is 2.68. The van der Waals surface area contributed by atoms with Gasteiger partial charge in [-0.1, -0.05) is 0 Å². The van der Waals surface area contributed by atoms with Gasteiger partial charge in [0, 0.05) is 0 Å². The first-order valence-corrected chi connectivity index (χ1v) is 8.65. The SMILES string of the molecule is C[NH+]1CCN(c2nc3c(=O)[nH]cnc3n2[C@H]2O[C@@H](CO)[C@@H](O)[C@@H]2O)CC1. The monoisotopic (exact) mass is 367 g/mol. The van der Waals surface area contributed by atoms with Crippen LogP contribution in [-0.4, -0.2) is 93.0 Å². The van der Waals surface area contributed by atoms with E-state index in [1.807, 2.05) is 4.90 Å². The smallest absolute Gasteiger partial charge is 0.278 e. The van der Waals surface area contributed by atoms with Crippen molar-refractivity contribution in [1.29, 1.82) is 0 Å². The van der Waals surface area contributed by atoms with Gasteiger partial charge in [-0.25, -0.2) is 9.97 Å². The quantitative estimate of drug-likeness (QED) is 0.370. The average molecular weight is 367 g/mol. The number of rotatable bonds is 3. The van der Waals surface area contributed by atoms with E-state index in [9.17, 15) is 20.1 Å². The molecule has 26 heavy (non-hydrogen) atoms. The third-order valence-corrected chi connectivity index (χ3v) is 5.14. The van der Waals surface area contributed by atoms with Crippen LogP contribution in [0.1, 0.15) is 6.23 Å². The summed E-state index contributed by atoms with van der Waals surface area (Å²) in [5.41, 5.74) is 0.0258. The van der Waals surface area contributed by atoms with E-state index < -0.39 is 31.1 Å². The summed E-state index contributed by atoms with van der Waals surface area (Å²) in [6.07, 6.45) is -3.17. The van der Waals surface area contributed by atoms with E-state index in [4.69, 9.17) is 4.74 Å². The molecule has 2 aliphatic heterocycles. The van der Waals surface area contributed by atoms with Crippen molar-refractivity contribution in [2.24, 2.45) is 0 Å². The summed E-state index contributed by atoms with van der Waals surface area (Å²) in [4.78, 5) is 26.7. The molecule has 0 bridgehead atoms. The number of imidazole rings is 1. The molecule has 2 aromatic rings. The molecule has 2 fully saturated rings. The maximum Gasteiger partial charge on any atom is 0.278 e. The Kier molecular flexibility index (Phi) is 4.40. The van der Waals surface area contributed by atoms with Crippen molar-refractivity contribution in [2.75, 3.05) is 44.7 Å². The first-order chi connectivity index (χ1) is 12.5. The lowest BCUT2D eigenvalue weighted by Gasteiger charge is -2.32. The minimum Gasteiger partial charge on any atom is -0.394 e. The first-order valence-electron chi connectivity index (χ1n) is 8.65. The number of quaternary nitrogens is 1. The zero-order valence-corrected chi connectivity index (χ0v) is 14.4. The number of fused-ring (bicyclic) bond motifs is 1. The second-order valence-electron chi connectivity index (χ2n) is 6.86. The van der Waals surface area contributed by atoms with Crippen LogP contribution >= 0.6 is 0 Å². The number of anilines is 1. The molecule has 142 valence electrons. The van der Waals surface area contributed by atoms with E-state index in [-0.39, 0.29) is 16.7 Å². The fourth-order valence-electron chi connectivity index (χ4n) is 3.55. The van der Waals surface area contributed by atoms with Crippen LogP contribution in [0.5, 0.6) is 0 Å². The minimum atomic E-state index is -1.28. The minimum absolute atomic E-state index is 0.145. The fraction of sp³-hybridized carbons (Fsp3) is 0.667. The van der Waals surface area contributed by atoms with Crippen molar-refractivity contribution in [3.8, 4) is 0 Å². The zero-order chi connectivity index (χ0) is 18.4. The van der Waals surface area contributed by atoms with Gasteiger partial charge in [-0.3, -0.25) is 9.36 Å². The van der Waals surface area contributed by atoms with Gasteiger partial charge in [0.15, 0.2) is 17.4 Å². The number of ether oxygens (including phenoxy) is 1. The van der Waals surface area contributed by atoms with Crippen molar-refractivity contribution in [2.45, 2.75) is 24.5 Å². The van der Waals surface area contributed by atoms with E-state index in [2.05, 4.69) is 22.0 Å². The number of hydrogen-bond acceptors (Lipinski definition) is 8. The molecule has 11 nitrogen and oxygen atoms in total. The number of aromatic nitrogens is 4. The van der Waals surface area contributed by atoms with Gasteiger partial charge in [-0.05, 0) is 0 Å². The standard InChI is InChI=1S/C15H22N6O5/c1-19-2-4-20(5-3-19)15-18-9-12(16-7-17-13(9)25)21(15)14-11(24)10(23)8(6-22)26-14/h7-8,10-11,14,22-24H,2-6H2,1H3,(H,16,17,25)/p+1/t8-,10+,11-,14-/m0/s1. The summed E-state index contributed by atoms with van der Waals surface area (Å²) in [6, 6.07) is 0. The number of likely N-dealkylation sites (N-methyl/N-ethyl adjacent to an activating group) is 1. The van der Waals surface area contributed by atoms with Crippen LogP contribution < -0.4 is 15.4 Å². The van der Waals surface area contributed by atoms with E-state index in [0.717, 1.165) is 26.2 Å². The second-order valence-corrected chi connectivity index (χ2v) is 6.86. The van der Waals surface area contributed by atoms with Crippen molar-refractivity contribution >= 4 is 17.1 Å². The number of nitrogens with one attached hydrogen (secondary N) is 2. The number of aromatic amines is 1. The van der Waals surface area contributed by atoms with E-state index in [0.29, 0.717) is 5.95 Å². The van der Waals surface area contributed by atoms with Crippen LogP contribution in [0.2, 0.25) is 0 Å². The Bertz CT molecular complexity index is 845. The Labute approximate surface area is 148 Å². The Morgan fingerprint density at radius 1 is 1.35 bits per heavy atom. The predicted molar refractivity (Wildman–Crippen MR) is 90.0 cm³/mol. The highest BCUT2D eigenvalue weighted by Gasteiger charge is 2.45. The summed E-state index contributed by atoms with van der Waals surface area (Å²) in [5.74, 6) is 0.464. The van der Waals surface area contributed by atoms with Gasteiger partial charge in [-0.15, -0.1) is 0 Å². The maximum absolute atomic E-state index is 12.2. The van der Waals surface area contributed by atoms with Crippen molar-refractivity contribution < 1.29 is 25.0 Å². The van der Waals surface area contributed by atoms with E-state index >= 15 is 0 Å². The average Bonchev–Trinajstić information content (AvgIpc) is 3.15. The summed E-state index contributed by atoms with van der Waals surface area (Å²) < 4.78 is 7.22. The largest absolute Gasteiger partial charge is 0.394 e. The number of aliphatic hydroxyl groups is 3. The Balaban J connectivity index is 1.83. The highest BCUT2D eigenvalue weighted by molar-refractivity contribution is 5.73. The summed E-state index contributed by atoms with van der Waals surface area (Å²) in [6.45, 7) is 2.83. The van der Waals surface area contributed by atoms with Gasteiger partial charge in [0.25, 0.3) is 5.56 Å². The lowest BCUT2D eigenvalue weighted by atomic mass is 10.1. The molecule has 4 heterocycles. The number of hydrogen-bond donors (Lipinski definition) is 5. The number of piperazine rings is 1. The van der Waals surface area contributed by atoms with Crippen LogP contribution in [0.25, 0.3) is 11.2 Å². The zero-order valence-electron chi connectivity index (χ0n) is 14.4. The van der Waals surface area contributed by atoms with E-state index in [1.54, 1.807) is 4.57 Å². The topological polar surface area (TPSA) is 141 Å². The summed E-state index contributed by atoms with van der Waals surface area (Å²) in [7, 11) is 2.11. The fourth-order valence-corrected chi connectivity index (χ4v) is 3.55. The highest BCUT2D eigenvalue weighted by atomic mass is 16.6. The van der Waals surface area contributed by atoms with Crippen LogP contribution in [0.4, 0.5) is 5.95 Å². The molecule has 4 atom stereocenters. The summed E-state index contributed by atoms with van der Waals surface area (Å²) in [5, 5.41) is 29.9. The molecule has 2 aliphatic rings. The van der Waals surface area contributed by atoms with Crippen LogP contribution in [0.3, 0.4) is 0 Å². The molecular weight excluding hydrogens is 344 g/mol. The molecule has 4 rings (SSSR count). The lowest BCUT2D eigenvalue weighted by molar-refractivity contribution is -0.880. The Morgan fingerprint density at radius 3 is 2.73 bits per heavy atom. The number of aliphatic hydroxyl groups excluding tert-OH is 3. The van der Waals surface area contributed by atoms with Gasteiger partial charge in [-0.2, -0.15) is 0 Å². The molecule has 2 saturated heterocycles. The molecule has 0 amide bonds. The predicted octanol–water partition coefficient (Wildman–Crippen LogP) is -3.93. The van der Waals surface area contributed by atoms with Gasteiger partial charge in [0.1, 0.15) is 18.3 Å². The lowest BCUT2D eigenvalue weighted by Crippen LogP contribution is -3.12. The molecule has 2 aromatic heterocycles. The molecule has 0 spiro atoms. The van der Waals surface area contributed by atoms with Gasteiger partial charge < -0.3 is 34.8 Å². The maximum atomic E-state index is 12.2. The first kappa shape index (κ1) is 17.4. The van der Waals surface area contributed by atoms with Crippen LogP contribution in [-0.2, 0) is 4.74 Å². The highest BCUT2D eigenvalue weighted by Crippen LogP contribution is 2.34. The van der Waals surface area contributed by atoms with Crippen molar-refractivity contribution in [3.05, 3.63) is 16.7 Å². The molecule has 0 radical (unpaired) electrons. The molecule has 0 aromatic carbocycles. The number of H-pyrrole nitrogens is 1. The molecule has 0 aliphatic carbocycles. The van der Waals surface area contributed by atoms with Crippen molar-refractivity contribution in [3.63, 3.8) is 0 Å². The molecule has 0 saturated carbocycles. The normalized spacial score (nSPS) is 30.4. The van der Waals surface area contributed by atoms with Crippen molar-refractivity contribution in [1.82, 2.24) is 19.5 Å². The number of nitrogens with zero attached hydrogens (tertiary/aromatic N) is 4. The second kappa shape index (κ2) is 6.59. The van der Waals surface area contributed by atoms with Crippen LogP contribution in [0, 0.1) is 0 Å². The van der Waals surface area contributed by atoms with E-state index in [1.165, 1.54) is 11.2 Å². The molecule has 0 unspecified atom stereocenters. The van der Waals surface area contributed by atoms with Gasteiger partial charge >= 0.3 is 0 Å². The summed E-state index contributed by atoms with van der Waals surface area (Å²) >= 11 is 0. The van der Waals surface area contributed by atoms with Crippen LogP contribution in [0.15, 0.2) is 11.1 Å². The van der Waals surface area contributed by atoms with Gasteiger partial charge in [0.2, 0.25) is 5.95 Å². The molecular formula is C15H23N6O5+. The van der Waals surface area contributed by atoms with Gasteiger partial charge in [0.05, 0.1) is 46.2 Å². The Morgan fingerprint density at radius 2 is 2.08 bits per heavy atom.